The molecule has 270 valence electrons. The summed E-state index contributed by atoms with van der Waals surface area (Å²) in [5.41, 5.74) is 9.63. The minimum absolute atomic E-state index is 0.137. The van der Waals surface area contributed by atoms with Crippen LogP contribution in [-0.4, -0.2) is 10.4 Å². The maximum Gasteiger partial charge on any atom is 0.131 e. The number of nitrogens with zero attached hydrogens (tertiary/aromatic N) is 2. The van der Waals surface area contributed by atoms with Gasteiger partial charge < -0.3 is 9.88 Å². The first-order chi connectivity index (χ1) is 28.3. The first-order valence-electron chi connectivity index (χ1n) is 19.4. The minimum atomic E-state index is -0.184. The highest BCUT2D eigenvalue weighted by Gasteiger charge is 2.28. The molecule has 11 aromatic rings. The lowest BCUT2D eigenvalue weighted by molar-refractivity contribution is 0.411. The fraction of sp³-hybridized carbons (Fsp3) is 0.0392. The van der Waals surface area contributed by atoms with E-state index in [1.165, 1.54) is 84.5 Å². The van der Waals surface area contributed by atoms with Crippen molar-refractivity contribution in [3.63, 3.8) is 0 Å². The van der Waals surface area contributed by atoms with Gasteiger partial charge in [-0.15, -0.1) is 22.7 Å². The predicted molar refractivity (Wildman–Crippen MR) is 243 cm³/mol. The summed E-state index contributed by atoms with van der Waals surface area (Å²) in [6, 6.07) is 65.9. The van der Waals surface area contributed by atoms with Gasteiger partial charge in [0.25, 0.3) is 0 Å². The Hall–Kier alpha value is -6.57. The lowest BCUT2D eigenvalue weighted by Crippen LogP contribution is -2.45. The van der Waals surface area contributed by atoms with Gasteiger partial charge in [0.05, 0.1) is 16.7 Å². The van der Waals surface area contributed by atoms with Crippen LogP contribution >= 0.6 is 22.7 Å². The second-order valence-electron chi connectivity index (χ2n) is 14.7. The summed E-state index contributed by atoms with van der Waals surface area (Å²) in [6.45, 7) is 0. The van der Waals surface area contributed by atoms with Crippen LogP contribution in [-0.2, 0) is 0 Å². The Morgan fingerprint density at radius 2 is 1.16 bits per heavy atom. The fourth-order valence-electron chi connectivity index (χ4n) is 8.95. The predicted octanol–water partition coefficient (Wildman–Crippen LogP) is 13.5. The smallest absolute Gasteiger partial charge is 0.131 e. The van der Waals surface area contributed by atoms with E-state index >= 15 is 0 Å². The van der Waals surface area contributed by atoms with Crippen molar-refractivity contribution in [2.75, 3.05) is 0 Å². The molecule has 0 spiro atoms. The highest BCUT2D eigenvalue weighted by atomic mass is 32.1. The maximum atomic E-state index is 5.16. The number of benzene rings is 8. The van der Waals surface area contributed by atoms with Gasteiger partial charge in [0.1, 0.15) is 18.2 Å². The fourth-order valence-corrected chi connectivity index (χ4v) is 11.4. The van der Waals surface area contributed by atoms with Crippen LogP contribution in [0.25, 0.3) is 79.0 Å². The molecule has 2 unspecified atom stereocenters. The molecule has 3 aromatic heterocycles. The van der Waals surface area contributed by atoms with Crippen LogP contribution in [0.1, 0.15) is 29.0 Å². The molecule has 2 N–H and O–H groups in total. The number of nitrogens with one attached hydrogen (secondary N) is 2. The van der Waals surface area contributed by atoms with Gasteiger partial charge in [-0.05, 0) is 53.1 Å². The average molecular weight is 767 g/mol. The van der Waals surface area contributed by atoms with Crippen molar-refractivity contribution in [3.8, 4) is 16.8 Å². The van der Waals surface area contributed by atoms with E-state index in [-0.39, 0.29) is 12.3 Å². The molecule has 2 atom stereocenters. The summed E-state index contributed by atoms with van der Waals surface area (Å²) in [7, 11) is 0. The molecule has 1 aliphatic heterocycles. The van der Waals surface area contributed by atoms with E-state index in [0.29, 0.717) is 0 Å². The Morgan fingerprint density at radius 3 is 1.95 bits per heavy atom. The van der Waals surface area contributed by atoms with Gasteiger partial charge >= 0.3 is 0 Å². The summed E-state index contributed by atoms with van der Waals surface area (Å²) in [4.78, 5) is 5.16. The number of hydrogen-bond acceptors (Lipinski definition) is 5. The van der Waals surface area contributed by atoms with Crippen molar-refractivity contribution < 1.29 is 0 Å². The maximum absolute atomic E-state index is 5.16. The quantitative estimate of drug-likeness (QED) is 0.183. The Kier molecular flexibility index (Phi) is 7.45. The number of amidine groups is 1. The molecule has 4 nitrogen and oxygen atoms in total. The van der Waals surface area contributed by atoms with Gasteiger partial charge in [0.2, 0.25) is 0 Å². The second kappa shape index (κ2) is 13.0. The number of aliphatic imine (C=N–C) groups is 1. The van der Waals surface area contributed by atoms with Crippen molar-refractivity contribution in [1.82, 2.24) is 15.2 Å². The standard InChI is InChI=1S/C51H34N4S2/c1-3-14-31(15-4-1)49-52-50(32-16-5-2-6-17-32)54-51(53-49)39-22-11-21-38-46-34(20-12-26-43(46)57-48(38)39)33-28-29-37-45(30-33)56-44-27-13-25-42(47(37)44)55-40-23-9-7-18-35(40)36-19-8-10-24-41(36)55/h1-30,49,51,53H,(H,52,54). The van der Waals surface area contributed by atoms with Gasteiger partial charge in [-0.3, -0.25) is 5.32 Å². The summed E-state index contributed by atoms with van der Waals surface area (Å²) < 4.78 is 7.61. The molecule has 8 aromatic carbocycles. The molecule has 12 rings (SSSR count). The van der Waals surface area contributed by atoms with Gasteiger partial charge in [0.15, 0.2) is 0 Å². The molecule has 6 heteroatoms. The zero-order valence-corrected chi connectivity index (χ0v) is 32.3. The number of rotatable bonds is 5. The summed E-state index contributed by atoms with van der Waals surface area (Å²) >= 11 is 3.76. The van der Waals surface area contributed by atoms with Crippen LogP contribution in [0, 0.1) is 0 Å². The highest BCUT2D eigenvalue weighted by molar-refractivity contribution is 7.26. The van der Waals surface area contributed by atoms with Crippen LogP contribution in [0.15, 0.2) is 187 Å². The second-order valence-corrected chi connectivity index (χ2v) is 16.9. The van der Waals surface area contributed by atoms with Crippen LogP contribution in [0.5, 0.6) is 0 Å². The Morgan fingerprint density at radius 1 is 0.491 bits per heavy atom. The topological polar surface area (TPSA) is 41.4 Å². The number of hydrogen-bond donors (Lipinski definition) is 2. The van der Waals surface area contributed by atoms with E-state index in [9.17, 15) is 0 Å². The minimum Gasteiger partial charge on any atom is -0.350 e. The number of aromatic nitrogens is 1. The molecule has 0 fully saturated rings. The zero-order chi connectivity index (χ0) is 37.5. The number of fused-ring (bicyclic) bond motifs is 9. The molecule has 4 heterocycles. The molecule has 0 radical (unpaired) electrons. The monoisotopic (exact) mass is 766 g/mol. The summed E-state index contributed by atoms with van der Waals surface area (Å²) in [5, 5.41) is 15.4. The van der Waals surface area contributed by atoms with Gasteiger partial charge in [-0.25, -0.2) is 4.99 Å². The molecule has 57 heavy (non-hydrogen) atoms. The van der Waals surface area contributed by atoms with Crippen molar-refractivity contribution >= 4 is 90.7 Å². The number of para-hydroxylation sites is 2. The van der Waals surface area contributed by atoms with Gasteiger partial charge in [0, 0.05) is 62.2 Å². The molecule has 0 bridgehead atoms. The van der Waals surface area contributed by atoms with Crippen LogP contribution < -0.4 is 10.6 Å². The van der Waals surface area contributed by atoms with E-state index in [4.69, 9.17) is 4.99 Å². The normalized spacial score (nSPS) is 15.9. The molecule has 0 saturated heterocycles. The van der Waals surface area contributed by atoms with E-state index in [1.807, 2.05) is 22.7 Å². The lowest BCUT2D eigenvalue weighted by Gasteiger charge is -2.32. The molecule has 0 aliphatic carbocycles. The Balaban J connectivity index is 0.988. The summed E-state index contributed by atoms with van der Waals surface area (Å²) in [5.74, 6) is 0.893. The molecular weight excluding hydrogens is 733 g/mol. The molecule has 0 saturated carbocycles. The number of thiophene rings is 2. The van der Waals surface area contributed by atoms with Gasteiger partial charge in [-0.1, -0.05) is 146 Å². The first-order valence-corrected chi connectivity index (χ1v) is 21.0. The Labute approximate surface area is 337 Å². The third-order valence-electron chi connectivity index (χ3n) is 11.5. The Bertz CT molecular complexity index is 3320. The van der Waals surface area contributed by atoms with Crippen LogP contribution in [0.2, 0.25) is 0 Å². The highest BCUT2D eigenvalue weighted by Crippen LogP contribution is 2.46. The molecular formula is C51H34N4S2. The van der Waals surface area contributed by atoms with Crippen LogP contribution in [0.4, 0.5) is 0 Å². The third kappa shape index (κ3) is 5.19. The largest absolute Gasteiger partial charge is 0.350 e. The van der Waals surface area contributed by atoms with Gasteiger partial charge in [-0.2, -0.15) is 0 Å². The summed E-state index contributed by atoms with van der Waals surface area (Å²) in [6.07, 6.45) is -0.321. The van der Waals surface area contributed by atoms with Crippen molar-refractivity contribution in [1.29, 1.82) is 0 Å². The van der Waals surface area contributed by atoms with E-state index in [1.54, 1.807) is 0 Å². The van der Waals surface area contributed by atoms with Crippen molar-refractivity contribution in [2.45, 2.75) is 12.3 Å². The van der Waals surface area contributed by atoms with Crippen LogP contribution in [0.3, 0.4) is 0 Å². The SMILES string of the molecule is c1ccc(C2=NC(c3ccccc3)NC(c3cccc4c3sc3cccc(-c5ccc6c(c5)sc5cccc(-n7c8ccccc8c8ccccc87)c56)c34)N2)cc1. The van der Waals surface area contributed by atoms with E-state index < -0.39 is 0 Å². The first kappa shape index (κ1) is 32.7. The molecule has 1 aliphatic rings. The molecule has 0 amide bonds. The van der Waals surface area contributed by atoms with E-state index in [0.717, 1.165) is 17.0 Å². The zero-order valence-electron chi connectivity index (χ0n) is 30.7. The lowest BCUT2D eigenvalue weighted by atomic mass is 9.97. The van der Waals surface area contributed by atoms with E-state index in [2.05, 4.69) is 197 Å². The third-order valence-corrected chi connectivity index (χ3v) is 13.8. The average Bonchev–Trinajstić information content (AvgIpc) is 3.96. The van der Waals surface area contributed by atoms with Crippen molar-refractivity contribution in [3.05, 3.63) is 199 Å². The van der Waals surface area contributed by atoms with Crippen molar-refractivity contribution in [2.24, 2.45) is 4.99 Å².